The Labute approximate surface area is 176 Å². The Morgan fingerprint density at radius 1 is 1.14 bits per heavy atom. The molecule has 1 aromatic heterocycles. The lowest BCUT2D eigenvalue weighted by Gasteiger charge is -2.47. The highest BCUT2D eigenvalue weighted by atomic mass is 32.1. The molecule has 2 fully saturated rings. The molecule has 2 aromatic carbocycles. The number of aromatic nitrogens is 1. The van der Waals surface area contributed by atoms with E-state index in [-0.39, 0.29) is 5.91 Å². The summed E-state index contributed by atoms with van der Waals surface area (Å²) in [5.74, 6) is 0.504. The van der Waals surface area contributed by atoms with Crippen LogP contribution >= 0.6 is 11.3 Å². The molecule has 1 unspecified atom stereocenters. The molecule has 1 aliphatic carbocycles. The first kappa shape index (κ1) is 18.8. The number of hydrogen-bond donors (Lipinski definition) is 1. The van der Waals surface area contributed by atoms with Crippen LogP contribution < -0.4 is 5.32 Å². The predicted octanol–water partition coefficient (Wildman–Crippen LogP) is 5.67. The van der Waals surface area contributed by atoms with Gasteiger partial charge in [-0.15, -0.1) is 11.3 Å². The first-order valence-electron chi connectivity index (χ1n) is 10.7. The van der Waals surface area contributed by atoms with Crippen LogP contribution in [0.25, 0.3) is 10.2 Å². The van der Waals surface area contributed by atoms with Crippen LogP contribution in [0.5, 0.6) is 0 Å². The minimum absolute atomic E-state index is 0.0733. The summed E-state index contributed by atoms with van der Waals surface area (Å²) in [7, 11) is 0. The number of carbonyl (C=O) groups excluding carboxylic acids is 1. The Hall–Kier alpha value is -2.24. The first-order valence-corrected chi connectivity index (χ1v) is 11.5. The van der Waals surface area contributed by atoms with E-state index in [0.717, 1.165) is 28.0 Å². The van der Waals surface area contributed by atoms with Crippen LogP contribution in [0.3, 0.4) is 0 Å². The van der Waals surface area contributed by atoms with Crippen LogP contribution in [0, 0.1) is 0 Å². The van der Waals surface area contributed by atoms with Crippen LogP contribution in [0.15, 0.2) is 48.5 Å². The van der Waals surface area contributed by atoms with E-state index in [9.17, 15) is 4.79 Å². The van der Waals surface area contributed by atoms with E-state index in [1.807, 2.05) is 48.5 Å². The number of anilines is 1. The minimum Gasteiger partial charge on any atom is -0.322 e. The largest absolute Gasteiger partial charge is 0.322 e. The van der Waals surface area contributed by atoms with Crippen LogP contribution in [0.4, 0.5) is 5.69 Å². The lowest BCUT2D eigenvalue weighted by molar-refractivity contribution is 0.0480. The molecule has 150 valence electrons. The molecule has 0 spiro atoms. The summed E-state index contributed by atoms with van der Waals surface area (Å²) in [6.07, 6.45) is 6.53. The summed E-state index contributed by atoms with van der Waals surface area (Å²) >= 11 is 1.76. The second-order valence-corrected chi connectivity index (χ2v) is 9.52. The van der Waals surface area contributed by atoms with Crippen LogP contribution in [-0.4, -0.2) is 34.4 Å². The van der Waals surface area contributed by atoms with Gasteiger partial charge in [-0.05, 0) is 69.5 Å². The summed E-state index contributed by atoms with van der Waals surface area (Å²) in [5.41, 5.74) is 2.51. The van der Waals surface area contributed by atoms with Crippen molar-refractivity contribution in [2.75, 3.05) is 11.9 Å². The molecule has 29 heavy (non-hydrogen) atoms. The van der Waals surface area contributed by atoms with Gasteiger partial charge in [-0.2, -0.15) is 0 Å². The normalized spacial score (nSPS) is 24.9. The molecular weight excluding hydrogens is 378 g/mol. The number of thiazole rings is 1. The zero-order valence-corrected chi connectivity index (χ0v) is 17.6. The third kappa shape index (κ3) is 3.81. The van der Waals surface area contributed by atoms with E-state index >= 15 is 0 Å². The molecule has 2 heterocycles. The average Bonchev–Trinajstić information content (AvgIpc) is 3.11. The van der Waals surface area contributed by atoms with E-state index < -0.39 is 0 Å². The highest BCUT2D eigenvalue weighted by Crippen LogP contribution is 2.44. The number of nitrogens with one attached hydrogen (secondary N) is 1. The zero-order chi connectivity index (χ0) is 19.8. The van der Waals surface area contributed by atoms with Gasteiger partial charge in [-0.1, -0.05) is 24.6 Å². The van der Waals surface area contributed by atoms with Gasteiger partial charge in [0.2, 0.25) is 0 Å². The summed E-state index contributed by atoms with van der Waals surface area (Å²) in [4.78, 5) is 20.2. The average molecular weight is 406 g/mol. The fraction of sp³-hybridized carbons (Fsp3) is 0.417. The Morgan fingerprint density at radius 2 is 1.97 bits per heavy atom. The van der Waals surface area contributed by atoms with Crippen molar-refractivity contribution in [1.29, 1.82) is 0 Å². The number of fused-ring (bicyclic) bond motifs is 1. The monoisotopic (exact) mass is 405 g/mol. The van der Waals surface area contributed by atoms with E-state index in [0.29, 0.717) is 11.5 Å². The number of benzene rings is 2. The Morgan fingerprint density at radius 3 is 2.76 bits per heavy atom. The van der Waals surface area contributed by atoms with Crippen LogP contribution in [-0.2, 0) is 0 Å². The number of nitrogens with zero attached hydrogens (tertiary/aromatic N) is 2. The minimum atomic E-state index is -0.0733. The Bertz CT molecular complexity index is 1010. The van der Waals surface area contributed by atoms with Gasteiger partial charge in [-0.3, -0.25) is 9.69 Å². The topological polar surface area (TPSA) is 45.2 Å². The van der Waals surface area contributed by atoms with Gasteiger partial charge in [0.25, 0.3) is 5.91 Å². The fourth-order valence-corrected chi connectivity index (χ4v) is 5.84. The van der Waals surface area contributed by atoms with Crippen molar-refractivity contribution in [2.45, 2.75) is 57.0 Å². The molecule has 4 nitrogen and oxygen atoms in total. The molecule has 0 radical (unpaired) electrons. The molecule has 1 atom stereocenters. The molecule has 1 amide bonds. The smallest absolute Gasteiger partial charge is 0.255 e. The Balaban J connectivity index is 1.27. The standard InChI is InChI=1S/C24H27N3OS/c1-16-7-5-6-12-27(16)20-13-18(14-20)24-26-21-11-10-17(15-22(21)29-24)23(28)25-19-8-3-2-4-9-19/h2-4,8-11,15-16,18,20H,5-7,12-14H2,1H3,(H,25,28). The maximum absolute atomic E-state index is 12.6. The molecule has 1 saturated heterocycles. The van der Waals surface area contributed by atoms with Crippen molar-refractivity contribution in [1.82, 2.24) is 9.88 Å². The molecule has 0 bridgehead atoms. The number of amides is 1. The number of hydrogen-bond acceptors (Lipinski definition) is 4. The van der Waals surface area contributed by atoms with Crippen LogP contribution in [0.2, 0.25) is 0 Å². The number of piperidine rings is 1. The summed E-state index contributed by atoms with van der Waals surface area (Å²) in [6.45, 7) is 3.64. The fourth-order valence-electron chi connectivity index (χ4n) is 4.71. The lowest BCUT2D eigenvalue weighted by Crippen LogP contribution is -2.50. The van der Waals surface area contributed by atoms with Gasteiger partial charge in [0.05, 0.1) is 15.2 Å². The molecule has 1 saturated carbocycles. The second kappa shape index (κ2) is 7.88. The summed E-state index contributed by atoms with van der Waals surface area (Å²) in [5, 5.41) is 4.20. The van der Waals surface area contributed by atoms with E-state index in [1.54, 1.807) is 11.3 Å². The molecular formula is C24H27N3OS. The summed E-state index contributed by atoms with van der Waals surface area (Å²) < 4.78 is 1.11. The van der Waals surface area contributed by atoms with Crippen LogP contribution in [0.1, 0.15) is 60.3 Å². The number of likely N-dealkylation sites (tertiary alicyclic amines) is 1. The van der Waals surface area contributed by atoms with Crippen molar-refractivity contribution in [2.24, 2.45) is 0 Å². The van der Waals surface area contributed by atoms with Crippen molar-refractivity contribution in [3.05, 3.63) is 59.1 Å². The first-order chi connectivity index (χ1) is 14.2. The SMILES string of the molecule is CC1CCCCN1C1CC(c2nc3ccc(C(=O)Nc4ccccc4)cc3s2)C1. The van der Waals surface area contributed by atoms with Gasteiger partial charge in [0.1, 0.15) is 0 Å². The molecule has 2 aliphatic rings. The molecule has 5 heteroatoms. The number of para-hydroxylation sites is 1. The third-order valence-electron chi connectivity index (χ3n) is 6.48. The Kier molecular flexibility index (Phi) is 5.10. The maximum atomic E-state index is 12.6. The number of carbonyl (C=O) groups is 1. The van der Waals surface area contributed by atoms with Crippen molar-refractivity contribution in [3.63, 3.8) is 0 Å². The van der Waals surface area contributed by atoms with Gasteiger partial charge in [-0.25, -0.2) is 4.98 Å². The van der Waals surface area contributed by atoms with Crippen molar-refractivity contribution in [3.8, 4) is 0 Å². The van der Waals surface area contributed by atoms with Gasteiger partial charge in [0.15, 0.2) is 0 Å². The quantitative estimate of drug-likeness (QED) is 0.608. The van der Waals surface area contributed by atoms with Gasteiger partial charge < -0.3 is 5.32 Å². The highest BCUT2D eigenvalue weighted by molar-refractivity contribution is 7.18. The van der Waals surface area contributed by atoms with E-state index in [4.69, 9.17) is 4.98 Å². The van der Waals surface area contributed by atoms with Gasteiger partial charge >= 0.3 is 0 Å². The van der Waals surface area contributed by atoms with Gasteiger partial charge in [0, 0.05) is 29.3 Å². The lowest BCUT2D eigenvalue weighted by atomic mass is 9.78. The molecule has 1 aliphatic heterocycles. The molecule has 3 aromatic rings. The third-order valence-corrected chi connectivity index (χ3v) is 7.67. The maximum Gasteiger partial charge on any atom is 0.255 e. The van der Waals surface area contributed by atoms with Crippen molar-refractivity contribution >= 4 is 33.1 Å². The van der Waals surface area contributed by atoms with E-state index in [2.05, 4.69) is 17.1 Å². The molecule has 1 N–H and O–H groups in total. The molecule has 5 rings (SSSR count). The zero-order valence-electron chi connectivity index (χ0n) is 16.8. The van der Waals surface area contributed by atoms with E-state index in [1.165, 1.54) is 43.7 Å². The predicted molar refractivity (Wildman–Crippen MR) is 120 cm³/mol. The van der Waals surface area contributed by atoms with Crippen molar-refractivity contribution < 1.29 is 4.79 Å². The number of rotatable bonds is 4. The highest BCUT2D eigenvalue weighted by Gasteiger charge is 2.38. The summed E-state index contributed by atoms with van der Waals surface area (Å²) in [6, 6.07) is 16.9. The second-order valence-electron chi connectivity index (χ2n) is 8.46.